The number of hydrogen-bond donors (Lipinski definition) is 1. The Labute approximate surface area is 241 Å². The summed E-state index contributed by atoms with van der Waals surface area (Å²) in [5.41, 5.74) is 1.11. The summed E-state index contributed by atoms with van der Waals surface area (Å²) in [4.78, 5) is 27.1. The van der Waals surface area contributed by atoms with E-state index in [0.717, 1.165) is 12.1 Å². The third kappa shape index (κ3) is 8.15. The summed E-state index contributed by atoms with van der Waals surface area (Å²) in [6.07, 6.45) is -4.84. The van der Waals surface area contributed by atoms with Crippen LogP contribution < -0.4 is 24.3 Å². The smallest absolute Gasteiger partial charge is 0.484 e. The molecule has 4 aromatic rings. The van der Waals surface area contributed by atoms with Gasteiger partial charge in [0.25, 0.3) is 11.8 Å². The minimum atomic E-state index is -4.84. The molecule has 0 atom stereocenters. The number of aromatic nitrogens is 1. The monoisotopic (exact) mass is 601 g/mol. The van der Waals surface area contributed by atoms with Crippen LogP contribution in [0.5, 0.6) is 23.0 Å². The van der Waals surface area contributed by atoms with Gasteiger partial charge in [-0.25, -0.2) is 4.39 Å². The maximum atomic E-state index is 13.2. The summed E-state index contributed by atoms with van der Waals surface area (Å²) in [6, 6.07) is 16.8. The van der Waals surface area contributed by atoms with Crippen LogP contribution in [0.3, 0.4) is 0 Å². The van der Waals surface area contributed by atoms with Gasteiger partial charge in [0.2, 0.25) is 6.79 Å². The maximum Gasteiger partial charge on any atom is 0.573 e. The summed E-state index contributed by atoms with van der Waals surface area (Å²) in [5, 5.41) is 6.42. The standard InChI is InChI=1S/C29H23F4N3O7/c30-20-5-1-18(2-6-20)13-34-28(38)24-11-23(43-35-24)15-36(14-19-3-7-21(8-4-19)42-29(31,32)33)27(37)16-39-22-9-10-25-26(12-22)41-17-40-25/h1-12H,13-17H2,(H,34,38). The summed E-state index contributed by atoms with van der Waals surface area (Å²) < 4.78 is 76.2. The number of nitrogens with one attached hydrogen (secondary N) is 1. The highest BCUT2D eigenvalue weighted by Crippen LogP contribution is 2.35. The second-order valence-electron chi connectivity index (χ2n) is 9.23. The van der Waals surface area contributed by atoms with Gasteiger partial charge in [0.05, 0.1) is 6.54 Å². The predicted octanol–water partition coefficient (Wildman–Crippen LogP) is 4.98. The third-order valence-corrected chi connectivity index (χ3v) is 6.09. The summed E-state index contributed by atoms with van der Waals surface area (Å²) >= 11 is 0. The molecule has 0 unspecified atom stereocenters. The topological polar surface area (TPSA) is 112 Å². The van der Waals surface area contributed by atoms with Gasteiger partial charge in [-0.1, -0.05) is 29.4 Å². The van der Waals surface area contributed by atoms with Crippen LogP contribution in [0.2, 0.25) is 0 Å². The first-order valence-electron chi connectivity index (χ1n) is 12.7. The van der Waals surface area contributed by atoms with E-state index in [4.69, 9.17) is 18.7 Å². The number of halogens is 4. The molecule has 5 rings (SSSR count). The molecule has 43 heavy (non-hydrogen) atoms. The minimum Gasteiger partial charge on any atom is -0.484 e. The second kappa shape index (κ2) is 12.7. The number of alkyl halides is 3. The van der Waals surface area contributed by atoms with Gasteiger partial charge in [-0.05, 0) is 47.5 Å². The normalized spacial score (nSPS) is 12.1. The first-order valence-corrected chi connectivity index (χ1v) is 12.7. The lowest BCUT2D eigenvalue weighted by molar-refractivity contribution is -0.274. The Balaban J connectivity index is 1.25. The molecular weight excluding hydrogens is 578 g/mol. The Morgan fingerprint density at radius 2 is 1.58 bits per heavy atom. The molecule has 2 heterocycles. The first kappa shape index (κ1) is 29.2. The molecule has 1 aromatic heterocycles. The summed E-state index contributed by atoms with van der Waals surface area (Å²) in [6.45, 7) is -0.377. The highest BCUT2D eigenvalue weighted by molar-refractivity contribution is 5.92. The zero-order chi connectivity index (χ0) is 30.4. The number of fused-ring (bicyclic) bond motifs is 1. The Morgan fingerprint density at radius 1 is 0.884 bits per heavy atom. The van der Waals surface area contributed by atoms with Crippen molar-refractivity contribution in [1.29, 1.82) is 0 Å². The molecule has 3 aromatic carbocycles. The molecule has 2 amide bonds. The fraction of sp³-hybridized carbons (Fsp3) is 0.207. The highest BCUT2D eigenvalue weighted by Gasteiger charge is 2.31. The van der Waals surface area contributed by atoms with Crippen LogP contribution in [0, 0.1) is 5.82 Å². The number of carbonyl (C=O) groups is 2. The SMILES string of the molecule is O=C(NCc1ccc(F)cc1)c1cc(CN(Cc2ccc(OC(F)(F)F)cc2)C(=O)COc2ccc3c(c2)OCO3)on1. The zero-order valence-electron chi connectivity index (χ0n) is 22.2. The molecule has 1 N–H and O–H groups in total. The van der Waals surface area contributed by atoms with Crippen molar-refractivity contribution in [2.75, 3.05) is 13.4 Å². The van der Waals surface area contributed by atoms with E-state index < -0.39 is 36.4 Å². The molecule has 1 aliphatic heterocycles. The molecule has 0 saturated heterocycles. The van der Waals surface area contributed by atoms with Crippen molar-refractivity contribution in [3.63, 3.8) is 0 Å². The van der Waals surface area contributed by atoms with Crippen LogP contribution in [0.1, 0.15) is 27.4 Å². The van der Waals surface area contributed by atoms with E-state index in [1.165, 1.54) is 47.4 Å². The maximum absolute atomic E-state index is 13.2. The number of nitrogens with zero attached hydrogens (tertiary/aromatic N) is 2. The number of carbonyl (C=O) groups excluding carboxylic acids is 2. The van der Waals surface area contributed by atoms with Gasteiger partial charge in [0, 0.05) is 25.2 Å². The second-order valence-corrected chi connectivity index (χ2v) is 9.23. The van der Waals surface area contributed by atoms with Crippen molar-refractivity contribution >= 4 is 11.8 Å². The lowest BCUT2D eigenvalue weighted by Gasteiger charge is -2.22. The number of amides is 2. The van der Waals surface area contributed by atoms with Gasteiger partial charge in [-0.15, -0.1) is 13.2 Å². The Kier molecular flexibility index (Phi) is 8.64. The fourth-order valence-corrected chi connectivity index (χ4v) is 4.01. The first-order chi connectivity index (χ1) is 20.6. The van der Waals surface area contributed by atoms with Crippen molar-refractivity contribution in [3.8, 4) is 23.0 Å². The molecule has 14 heteroatoms. The van der Waals surface area contributed by atoms with Crippen LogP contribution in [-0.4, -0.2) is 41.6 Å². The van der Waals surface area contributed by atoms with Gasteiger partial charge >= 0.3 is 6.36 Å². The van der Waals surface area contributed by atoms with Gasteiger partial charge in [0.1, 0.15) is 17.3 Å². The van der Waals surface area contributed by atoms with Crippen molar-refractivity contribution < 1.29 is 50.6 Å². The quantitative estimate of drug-likeness (QED) is 0.240. The highest BCUT2D eigenvalue weighted by atomic mass is 19.4. The van der Waals surface area contributed by atoms with E-state index >= 15 is 0 Å². The molecule has 0 spiro atoms. The van der Waals surface area contributed by atoms with Gasteiger partial charge in [-0.3, -0.25) is 9.59 Å². The zero-order valence-corrected chi connectivity index (χ0v) is 22.2. The van der Waals surface area contributed by atoms with Crippen LogP contribution in [0.4, 0.5) is 17.6 Å². The number of rotatable bonds is 11. The molecule has 1 aliphatic rings. The van der Waals surface area contributed by atoms with Crippen molar-refractivity contribution in [3.05, 3.63) is 101 Å². The van der Waals surface area contributed by atoms with Crippen LogP contribution in [-0.2, 0) is 24.4 Å². The Bertz CT molecular complexity index is 1570. The van der Waals surface area contributed by atoms with Crippen LogP contribution >= 0.6 is 0 Å². The number of benzene rings is 3. The van der Waals surface area contributed by atoms with Gasteiger partial charge in [0.15, 0.2) is 29.6 Å². The van der Waals surface area contributed by atoms with E-state index in [1.807, 2.05) is 0 Å². The molecule has 0 radical (unpaired) electrons. The van der Waals surface area contributed by atoms with Crippen molar-refractivity contribution in [2.24, 2.45) is 0 Å². The third-order valence-electron chi connectivity index (χ3n) is 6.09. The average molecular weight is 602 g/mol. The molecule has 224 valence electrons. The van der Waals surface area contributed by atoms with E-state index in [-0.39, 0.29) is 37.9 Å². The fourth-order valence-electron chi connectivity index (χ4n) is 4.01. The molecular formula is C29H23F4N3O7. The molecule has 0 bridgehead atoms. The van der Waals surface area contributed by atoms with Gasteiger partial charge < -0.3 is 33.7 Å². The van der Waals surface area contributed by atoms with E-state index in [0.29, 0.717) is 28.4 Å². The average Bonchev–Trinajstić information content (AvgIpc) is 3.65. The predicted molar refractivity (Wildman–Crippen MR) is 140 cm³/mol. The van der Waals surface area contributed by atoms with Crippen LogP contribution in [0.25, 0.3) is 0 Å². The molecule has 10 nitrogen and oxygen atoms in total. The lowest BCUT2D eigenvalue weighted by atomic mass is 10.2. The molecule has 0 fully saturated rings. The van der Waals surface area contributed by atoms with Gasteiger partial charge in [-0.2, -0.15) is 0 Å². The van der Waals surface area contributed by atoms with Crippen LogP contribution in [0.15, 0.2) is 77.3 Å². The van der Waals surface area contributed by atoms with E-state index in [1.54, 1.807) is 18.2 Å². The number of ether oxygens (including phenoxy) is 4. The Hall–Kier alpha value is -5.27. The lowest BCUT2D eigenvalue weighted by Crippen LogP contribution is -2.34. The largest absolute Gasteiger partial charge is 0.573 e. The minimum absolute atomic E-state index is 0.0393. The Morgan fingerprint density at radius 3 is 2.33 bits per heavy atom. The molecule has 0 saturated carbocycles. The summed E-state index contributed by atoms with van der Waals surface area (Å²) in [7, 11) is 0. The summed E-state index contributed by atoms with van der Waals surface area (Å²) in [5.74, 6) is -0.327. The van der Waals surface area contributed by atoms with E-state index in [9.17, 15) is 27.2 Å². The molecule has 0 aliphatic carbocycles. The van der Waals surface area contributed by atoms with Crippen molar-refractivity contribution in [1.82, 2.24) is 15.4 Å². The van der Waals surface area contributed by atoms with E-state index in [2.05, 4.69) is 15.2 Å². The van der Waals surface area contributed by atoms with Crippen molar-refractivity contribution in [2.45, 2.75) is 26.0 Å². The number of hydrogen-bond acceptors (Lipinski definition) is 8.